The Hall–Kier alpha value is -1.55. The summed E-state index contributed by atoms with van der Waals surface area (Å²) in [6.07, 6.45) is 4.89. The fourth-order valence-electron chi connectivity index (χ4n) is 1.69. The summed E-state index contributed by atoms with van der Waals surface area (Å²) in [6.45, 7) is 3.69. The van der Waals surface area contributed by atoms with Gasteiger partial charge in [-0.15, -0.1) is 0 Å². The van der Waals surface area contributed by atoms with E-state index >= 15 is 0 Å². The van der Waals surface area contributed by atoms with Crippen LogP contribution in [0.4, 0.5) is 0 Å². The Morgan fingerprint density at radius 1 is 1.53 bits per heavy atom. The van der Waals surface area contributed by atoms with Crippen LogP contribution in [0.1, 0.15) is 30.4 Å². The minimum atomic E-state index is -1.15. The van der Waals surface area contributed by atoms with Crippen LogP contribution in [0.15, 0.2) is 33.8 Å². The van der Waals surface area contributed by atoms with Gasteiger partial charge in [-0.25, -0.2) is 4.98 Å². The van der Waals surface area contributed by atoms with Crippen molar-refractivity contribution in [1.29, 1.82) is 0 Å². The van der Waals surface area contributed by atoms with Crippen LogP contribution in [0.5, 0.6) is 0 Å². The molecule has 0 aliphatic carbocycles. The molecule has 0 aliphatic rings. The summed E-state index contributed by atoms with van der Waals surface area (Å²) >= 11 is 0. The maximum atomic E-state index is 10.5. The number of rotatable bonds is 3. The van der Waals surface area contributed by atoms with Crippen LogP contribution >= 0.6 is 0 Å². The molecule has 0 spiro atoms. The van der Waals surface area contributed by atoms with E-state index in [9.17, 15) is 5.11 Å². The number of nitrogens with zero attached hydrogens (tertiary/aromatic N) is 1. The average molecular weight is 207 g/mol. The van der Waals surface area contributed by atoms with E-state index in [1.165, 1.54) is 18.9 Å². The van der Waals surface area contributed by atoms with E-state index in [4.69, 9.17) is 8.83 Å². The molecule has 4 nitrogen and oxygen atoms in total. The summed E-state index contributed by atoms with van der Waals surface area (Å²) in [5.74, 6) is 0.478. The van der Waals surface area contributed by atoms with E-state index in [1.807, 2.05) is 6.92 Å². The first-order valence-corrected chi connectivity index (χ1v) is 4.84. The average Bonchev–Trinajstić information content (AvgIpc) is 2.87. The minimum absolute atomic E-state index is 0.478. The van der Waals surface area contributed by atoms with Crippen LogP contribution in [-0.2, 0) is 5.60 Å². The normalized spacial score (nSPS) is 15.1. The minimum Gasteiger partial charge on any atom is -0.472 e. The molecule has 4 heteroatoms. The molecule has 0 amide bonds. The summed E-state index contributed by atoms with van der Waals surface area (Å²) < 4.78 is 10.2. The number of aromatic nitrogens is 1. The lowest BCUT2D eigenvalue weighted by molar-refractivity contribution is 0.0513. The molecule has 15 heavy (non-hydrogen) atoms. The van der Waals surface area contributed by atoms with Crippen molar-refractivity contribution in [2.45, 2.75) is 25.9 Å². The zero-order chi connectivity index (χ0) is 10.9. The van der Waals surface area contributed by atoms with Crippen molar-refractivity contribution in [3.05, 3.63) is 42.0 Å². The van der Waals surface area contributed by atoms with Crippen molar-refractivity contribution >= 4 is 0 Å². The van der Waals surface area contributed by atoms with Gasteiger partial charge in [0, 0.05) is 5.56 Å². The van der Waals surface area contributed by atoms with Gasteiger partial charge in [-0.2, -0.15) is 0 Å². The lowest BCUT2D eigenvalue weighted by atomic mass is 9.90. The number of hydrogen-bond acceptors (Lipinski definition) is 4. The first-order chi connectivity index (χ1) is 7.18. The molecule has 0 radical (unpaired) electrons. The van der Waals surface area contributed by atoms with Crippen molar-refractivity contribution in [3.63, 3.8) is 0 Å². The second-order valence-electron chi connectivity index (χ2n) is 3.49. The Kier molecular flexibility index (Phi) is 2.36. The third-order valence-electron chi connectivity index (χ3n) is 2.63. The standard InChI is InChI=1S/C11H13NO3/c1-3-11(13,9-4-5-14-6-9)10-8(2)12-7-15-10/h4-7,13H,3H2,1-2H3. The molecule has 0 fully saturated rings. The number of aryl methyl sites for hydroxylation is 1. The fourth-order valence-corrected chi connectivity index (χ4v) is 1.69. The van der Waals surface area contributed by atoms with E-state index in [0.717, 1.165) is 0 Å². The van der Waals surface area contributed by atoms with Gasteiger partial charge >= 0.3 is 0 Å². The van der Waals surface area contributed by atoms with Gasteiger partial charge in [0.2, 0.25) is 0 Å². The van der Waals surface area contributed by atoms with Gasteiger partial charge in [0.25, 0.3) is 0 Å². The molecule has 2 rings (SSSR count). The molecule has 2 aromatic rings. The Morgan fingerprint density at radius 3 is 2.80 bits per heavy atom. The monoisotopic (exact) mass is 207 g/mol. The predicted octanol–water partition coefficient (Wildman–Crippen LogP) is 2.22. The quantitative estimate of drug-likeness (QED) is 0.838. The molecule has 0 aromatic carbocycles. The summed E-state index contributed by atoms with van der Waals surface area (Å²) in [6, 6.07) is 1.73. The Morgan fingerprint density at radius 2 is 2.33 bits per heavy atom. The molecule has 0 aliphatic heterocycles. The van der Waals surface area contributed by atoms with Crippen LogP contribution in [0.2, 0.25) is 0 Å². The van der Waals surface area contributed by atoms with Gasteiger partial charge in [-0.1, -0.05) is 6.92 Å². The Labute approximate surface area is 87.6 Å². The van der Waals surface area contributed by atoms with Crippen LogP contribution < -0.4 is 0 Å². The van der Waals surface area contributed by atoms with Gasteiger partial charge in [-0.3, -0.25) is 0 Å². The van der Waals surface area contributed by atoms with Gasteiger partial charge in [0.15, 0.2) is 17.8 Å². The van der Waals surface area contributed by atoms with Crippen molar-refractivity contribution < 1.29 is 13.9 Å². The fraction of sp³-hybridized carbons (Fsp3) is 0.364. The van der Waals surface area contributed by atoms with Crippen LogP contribution in [0, 0.1) is 6.92 Å². The number of oxazole rings is 1. The second-order valence-corrected chi connectivity index (χ2v) is 3.49. The van der Waals surface area contributed by atoms with Crippen molar-refractivity contribution in [1.82, 2.24) is 4.98 Å². The maximum absolute atomic E-state index is 10.5. The van der Waals surface area contributed by atoms with E-state index in [-0.39, 0.29) is 0 Å². The third kappa shape index (κ3) is 1.47. The molecule has 2 heterocycles. The predicted molar refractivity (Wildman–Crippen MR) is 53.2 cm³/mol. The Balaban J connectivity index is 2.51. The zero-order valence-corrected chi connectivity index (χ0v) is 8.73. The van der Waals surface area contributed by atoms with E-state index in [0.29, 0.717) is 23.4 Å². The second kappa shape index (κ2) is 3.55. The van der Waals surface area contributed by atoms with Crippen LogP contribution in [0.3, 0.4) is 0 Å². The highest BCUT2D eigenvalue weighted by Crippen LogP contribution is 2.34. The van der Waals surface area contributed by atoms with Crippen molar-refractivity contribution in [3.8, 4) is 0 Å². The molecular weight excluding hydrogens is 194 g/mol. The van der Waals surface area contributed by atoms with Gasteiger partial charge in [0.1, 0.15) is 0 Å². The van der Waals surface area contributed by atoms with E-state index < -0.39 is 5.60 Å². The Bertz CT molecular complexity index is 432. The smallest absolute Gasteiger partial charge is 0.181 e. The topological polar surface area (TPSA) is 59.4 Å². The first kappa shape index (κ1) is 9.98. The van der Waals surface area contributed by atoms with E-state index in [2.05, 4.69) is 4.98 Å². The maximum Gasteiger partial charge on any atom is 0.181 e. The number of furan rings is 1. The summed E-state index contributed by atoms with van der Waals surface area (Å²) in [7, 11) is 0. The van der Waals surface area contributed by atoms with Crippen LogP contribution in [-0.4, -0.2) is 10.1 Å². The molecule has 2 aromatic heterocycles. The van der Waals surface area contributed by atoms with Gasteiger partial charge in [0.05, 0.1) is 18.2 Å². The first-order valence-electron chi connectivity index (χ1n) is 4.84. The highest BCUT2D eigenvalue weighted by atomic mass is 16.4. The summed E-state index contributed by atoms with van der Waals surface area (Å²) in [4.78, 5) is 3.98. The van der Waals surface area contributed by atoms with Gasteiger partial charge < -0.3 is 13.9 Å². The third-order valence-corrected chi connectivity index (χ3v) is 2.63. The van der Waals surface area contributed by atoms with Crippen LogP contribution in [0.25, 0.3) is 0 Å². The van der Waals surface area contributed by atoms with E-state index in [1.54, 1.807) is 13.0 Å². The molecular formula is C11H13NO3. The number of hydrogen-bond donors (Lipinski definition) is 1. The molecule has 0 saturated carbocycles. The highest BCUT2D eigenvalue weighted by Gasteiger charge is 2.35. The largest absolute Gasteiger partial charge is 0.472 e. The van der Waals surface area contributed by atoms with Crippen molar-refractivity contribution in [2.75, 3.05) is 0 Å². The lowest BCUT2D eigenvalue weighted by Gasteiger charge is -2.23. The highest BCUT2D eigenvalue weighted by molar-refractivity contribution is 5.29. The van der Waals surface area contributed by atoms with Crippen molar-refractivity contribution in [2.24, 2.45) is 0 Å². The molecule has 1 unspecified atom stereocenters. The molecule has 1 N–H and O–H groups in total. The zero-order valence-electron chi connectivity index (χ0n) is 8.73. The summed E-state index contributed by atoms with van der Waals surface area (Å²) in [5.41, 5.74) is 0.235. The molecule has 1 atom stereocenters. The molecule has 80 valence electrons. The summed E-state index contributed by atoms with van der Waals surface area (Å²) in [5, 5.41) is 10.5. The SMILES string of the molecule is CCC(O)(c1ccoc1)c1ocnc1C. The molecule has 0 bridgehead atoms. The number of aliphatic hydroxyl groups is 1. The molecule has 0 saturated heterocycles. The lowest BCUT2D eigenvalue weighted by Crippen LogP contribution is -2.26. The van der Waals surface area contributed by atoms with Gasteiger partial charge in [-0.05, 0) is 19.4 Å².